The van der Waals surface area contributed by atoms with Gasteiger partial charge in [-0.2, -0.15) is 0 Å². The van der Waals surface area contributed by atoms with Gasteiger partial charge >= 0.3 is 0 Å². The molecular formula is C23H21N3O2. The van der Waals surface area contributed by atoms with Crippen LogP contribution in [0.5, 0.6) is 0 Å². The van der Waals surface area contributed by atoms with Gasteiger partial charge in [0.05, 0.1) is 18.2 Å². The Morgan fingerprint density at radius 3 is 2.54 bits per heavy atom. The Balaban J connectivity index is 1.53. The Labute approximate surface area is 164 Å². The van der Waals surface area contributed by atoms with Gasteiger partial charge in [-0.1, -0.05) is 42.0 Å². The molecule has 5 heteroatoms. The van der Waals surface area contributed by atoms with E-state index in [2.05, 4.69) is 10.3 Å². The number of benzene rings is 2. The van der Waals surface area contributed by atoms with Crippen molar-refractivity contribution in [2.75, 3.05) is 10.2 Å². The third-order valence-electron chi connectivity index (χ3n) is 4.94. The van der Waals surface area contributed by atoms with Gasteiger partial charge in [-0.25, -0.2) is 0 Å². The highest BCUT2D eigenvalue weighted by Crippen LogP contribution is 2.39. The van der Waals surface area contributed by atoms with E-state index in [1.807, 2.05) is 73.7 Å². The maximum Gasteiger partial charge on any atom is 0.235 e. The highest BCUT2D eigenvalue weighted by atomic mass is 16.2. The van der Waals surface area contributed by atoms with Crippen LogP contribution in [0.4, 0.5) is 11.4 Å². The number of aryl methyl sites for hydroxylation is 1. The van der Waals surface area contributed by atoms with Crippen LogP contribution in [-0.2, 0) is 16.1 Å². The summed E-state index contributed by atoms with van der Waals surface area (Å²) in [6, 6.07) is 20.9. The van der Waals surface area contributed by atoms with Gasteiger partial charge in [0, 0.05) is 24.0 Å². The molecule has 0 bridgehead atoms. The predicted octanol–water partition coefficient (Wildman–Crippen LogP) is 4.05. The van der Waals surface area contributed by atoms with E-state index in [9.17, 15) is 9.59 Å². The number of nitrogens with zero attached hydrogens (tertiary/aromatic N) is 2. The molecule has 1 aromatic heterocycles. The molecule has 140 valence electrons. The predicted molar refractivity (Wildman–Crippen MR) is 109 cm³/mol. The first-order chi connectivity index (χ1) is 13.6. The number of anilines is 2. The lowest BCUT2D eigenvalue weighted by molar-refractivity contribution is -0.123. The van der Waals surface area contributed by atoms with Crippen molar-refractivity contribution in [3.8, 4) is 0 Å². The first-order valence-electron chi connectivity index (χ1n) is 9.28. The number of aromatic nitrogens is 1. The van der Waals surface area contributed by atoms with Gasteiger partial charge in [-0.05, 0) is 42.8 Å². The van der Waals surface area contributed by atoms with Gasteiger partial charge in [0.15, 0.2) is 0 Å². The Morgan fingerprint density at radius 2 is 1.79 bits per heavy atom. The van der Waals surface area contributed by atoms with E-state index in [0.717, 1.165) is 28.2 Å². The minimum atomic E-state index is -0.481. The number of nitrogens with one attached hydrogen (secondary N) is 1. The van der Waals surface area contributed by atoms with E-state index >= 15 is 0 Å². The van der Waals surface area contributed by atoms with Crippen LogP contribution in [0.2, 0.25) is 0 Å². The van der Waals surface area contributed by atoms with Crippen molar-refractivity contribution in [2.45, 2.75) is 25.8 Å². The Bertz CT molecular complexity index is 1000. The summed E-state index contributed by atoms with van der Waals surface area (Å²) in [7, 11) is 0. The Hall–Kier alpha value is -3.47. The summed E-state index contributed by atoms with van der Waals surface area (Å²) in [6.07, 6.45) is 1.83. The number of carbonyl (C=O) groups is 2. The molecule has 0 saturated heterocycles. The zero-order valence-electron chi connectivity index (χ0n) is 15.6. The second kappa shape index (κ2) is 7.64. The molecular weight excluding hydrogens is 350 g/mol. The summed E-state index contributed by atoms with van der Waals surface area (Å²) in [4.78, 5) is 31.7. The number of para-hydroxylation sites is 1. The molecule has 1 aliphatic rings. The standard InChI is InChI=1S/C23H21N3O2/c1-16-9-11-17(12-10-16)25-22(27)14-20-19-7-2-3-8-21(19)26(23(20)28)15-18-6-4-5-13-24-18/h2-13,20H,14-15H2,1H3,(H,25,27). The maximum absolute atomic E-state index is 13.1. The molecule has 0 fully saturated rings. The highest BCUT2D eigenvalue weighted by Gasteiger charge is 2.38. The molecule has 1 unspecified atom stereocenters. The summed E-state index contributed by atoms with van der Waals surface area (Å²) < 4.78 is 0. The minimum absolute atomic E-state index is 0.0640. The van der Waals surface area contributed by atoms with E-state index < -0.39 is 5.92 Å². The molecule has 0 aliphatic carbocycles. The average Bonchev–Trinajstić information content (AvgIpc) is 2.96. The van der Waals surface area contributed by atoms with Crippen molar-refractivity contribution in [3.05, 3.63) is 89.7 Å². The number of hydrogen-bond acceptors (Lipinski definition) is 3. The number of hydrogen-bond donors (Lipinski definition) is 1. The van der Waals surface area contributed by atoms with Gasteiger partial charge in [-0.3, -0.25) is 14.6 Å². The second-order valence-corrected chi connectivity index (χ2v) is 6.98. The third-order valence-corrected chi connectivity index (χ3v) is 4.94. The van der Waals surface area contributed by atoms with Gasteiger partial charge in [0.1, 0.15) is 0 Å². The molecule has 3 aromatic rings. The van der Waals surface area contributed by atoms with Crippen molar-refractivity contribution in [2.24, 2.45) is 0 Å². The Morgan fingerprint density at radius 1 is 1.04 bits per heavy atom. The topological polar surface area (TPSA) is 62.3 Å². The van der Waals surface area contributed by atoms with Crippen LogP contribution in [0.3, 0.4) is 0 Å². The van der Waals surface area contributed by atoms with Crippen LogP contribution >= 0.6 is 0 Å². The monoisotopic (exact) mass is 371 g/mol. The molecule has 1 aliphatic heterocycles. The molecule has 4 rings (SSSR count). The van der Waals surface area contributed by atoms with Crippen LogP contribution in [0.15, 0.2) is 72.9 Å². The summed E-state index contributed by atoms with van der Waals surface area (Å²) in [5.41, 5.74) is 4.42. The Kier molecular flexibility index (Phi) is 4.89. The molecule has 2 amide bonds. The number of pyridine rings is 1. The van der Waals surface area contributed by atoms with E-state index in [1.165, 1.54) is 0 Å². The molecule has 1 atom stereocenters. The van der Waals surface area contributed by atoms with Crippen LogP contribution in [0.1, 0.15) is 29.2 Å². The van der Waals surface area contributed by atoms with Crippen LogP contribution < -0.4 is 10.2 Å². The number of carbonyl (C=O) groups excluding carboxylic acids is 2. The molecule has 1 N–H and O–H groups in total. The fourth-order valence-electron chi connectivity index (χ4n) is 3.52. The second-order valence-electron chi connectivity index (χ2n) is 6.98. The van der Waals surface area contributed by atoms with E-state index in [1.54, 1.807) is 11.1 Å². The summed E-state index contributed by atoms with van der Waals surface area (Å²) >= 11 is 0. The van der Waals surface area contributed by atoms with E-state index in [-0.39, 0.29) is 18.2 Å². The van der Waals surface area contributed by atoms with Crippen LogP contribution in [0.25, 0.3) is 0 Å². The smallest absolute Gasteiger partial charge is 0.235 e. The SMILES string of the molecule is Cc1ccc(NC(=O)CC2C(=O)N(Cc3ccccn3)c3ccccc32)cc1. The molecule has 5 nitrogen and oxygen atoms in total. The van der Waals surface area contributed by atoms with Gasteiger partial charge < -0.3 is 10.2 Å². The van der Waals surface area contributed by atoms with Crippen molar-refractivity contribution in [3.63, 3.8) is 0 Å². The number of rotatable bonds is 5. The van der Waals surface area contributed by atoms with E-state index in [0.29, 0.717) is 6.54 Å². The maximum atomic E-state index is 13.1. The van der Waals surface area contributed by atoms with Gasteiger partial charge in [0.25, 0.3) is 0 Å². The molecule has 2 heterocycles. The fourth-order valence-corrected chi connectivity index (χ4v) is 3.52. The van der Waals surface area contributed by atoms with Crippen LogP contribution in [-0.4, -0.2) is 16.8 Å². The van der Waals surface area contributed by atoms with Crippen LogP contribution in [0, 0.1) is 6.92 Å². The number of amides is 2. The molecule has 28 heavy (non-hydrogen) atoms. The molecule has 2 aromatic carbocycles. The van der Waals surface area contributed by atoms with E-state index in [4.69, 9.17) is 0 Å². The zero-order valence-corrected chi connectivity index (χ0v) is 15.6. The zero-order chi connectivity index (χ0) is 19.5. The normalized spacial score (nSPS) is 15.4. The lowest BCUT2D eigenvalue weighted by atomic mass is 9.97. The minimum Gasteiger partial charge on any atom is -0.326 e. The van der Waals surface area contributed by atoms with Crippen molar-refractivity contribution in [1.29, 1.82) is 0 Å². The first-order valence-corrected chi connectivity index (χ1v) is 9.28. The number of fused-ring (bicyclic) bond motifs is 1. The quantitative estimate of drug-likeness (QED) is 0.736. The largest absolute Gasteiger partial charge is 0.326 e. The highest BCUT2D eigenvalue weighted by molar-refractivity contribution is 6.07. The third kappa shape index (κ3) is 3.64. The molecule has 0 saturated carbocycles. The summed E-state index contributed by atoms with van der Waals surface area (Å²) in [5, 5.41) is 2.89. The average molecular weight is 371 g/mol. The molecule has 0 radical (unpaired) electrons. The fraction of sp³-hybridized carbons (Fsp3) is 0.174. The first kappa shape index (κ1) is 17.9. The van der Waals surface area contributed by atoms with Gasteiger partial charge in [-0.15, -0.1) is 0 Å². The van der Waals surface area contributed by atoms with Crippen molar-refractivity contribution in [1.82, 2.24) is 4.98 Å². The summed E-state index contributed by atoms with van der Waals surface area (Å²) in [6.45, 7) is 2.39. The lowest BCUT2D eigenvalue weighted by Gasteiger charge is -2.17. The molecule has 0 spiro atoms. The van der Waals surface area contributed by atoms with Gasteiger partial charge in [0.2, 0.25) is 11.8 Å². The lowest BCUT2D eigenvalue weighted by Crippen LogP contribution is -2.30. The van der Waals surface area contributed by atoms with Crippen molar-refractivity contribution < 1.29 is 9.59 Å². The summed E-state index contributed by atoms with van der Waals surface area (Å²) in [5.74, 6) is -0.715. The van der Waals surface area contributed by atoms with Crippen molar-refractivity contribution >= 4 is 23.2 Å².